The Labute approximate surface area is 172 Å². The zero-order valence-corrected chi connectivity index (χ0v) is 16.1. The van der Waals surface area contributed by atoms with Gasteiger partial charge in [-0.3, -0.25) is 9.59 Å². The summed E-state index contributed by atoms with van der Waals surface area (Å²) >= 11 is 0. The number of benzene rings is 3. The van der Waals surface area contributed by atoms with Crippen molar-refractivity contribution in [3.8, 4) is 5.75 Å². The lowest BCUT2D eigenvalue weighted by atomic mass is 10.1. The summed E-state index contributed by atoms with van der Waals surface area (Å²) in [5, 5.41) is 3.33. The van der Waals surface area contributed by atoms with E-state index in [0.29, 0.717) is 28.0 Å². The van der Waals surface area contributed by atoms with Crippen molar-refractivity contribution in [1.29, 1.82) is 0 Å². The van der Waals surface area contributed by atoms with Gasteiger partial charge in [-0.25, -0.2) is 0 Å². The lowest BCUT2D eigenvalue weighted by molar-refractivity contribution is 0.102. The highest BCUT2D eigenvalue weighted by Gasteiger charge is 2.09. The predicted molar refractivity (Wildman–Crippen MR) is 116 cm³/mol. The van der Waals surface area contributed by atoms with Gasteiger partial charge in [0, 0.05) is 23.4 Å². The first-order valence-electron chi connectivity index (χ1n) is 9.47. The molecule has 4 aromatic rings. The molecular formula is C24H20N2O4. The van der Waals surface area contributed by atoms with Crippen molar-refractivity contribution in [3.63, 3.8) is 0 Å². The summed E-state index contributed by atoms with van der Waals surface area (Å²) in [6, 6.07) is 23.0. The van der Waals surface area contributed by atoms with Gasteiger partial charge in [-0.05, 0) is 42.0 Å². The third kappa shape index (κ3) is 4.39. The van der Waals surface area contributed by atoms with Gasteiger partial charge in [0.25, 0.3) is 5.91 Å². The Hall–Kier alpha value is -3.90. The molecule has 6 heteroatoms. The maximum atomic E-state index is 12.5. The molecule has 0 fully saturated rings. The minimum atomic E-state index is -0.190. The lowest BCUT2D eigenvalue weighted by Gasteiger charge is -2.09. The third-order valence-electron chi connectivity index (χ3n) is 4.58. The van der Waals surface area contributed by atoms with E-state index in [1.807, 2.05) is 42.5 Å². The fraction of sp³-hybridized carbons (Fsp3) is 0.0833. The van der Waals surface area contributed by atoms with Crippen molar-refractivity contribution in [3.05, 3.63) is 106 Å². The number of anilines is 1. The Kier molecular flexibility index (Phi) is 5.59. The van der Waals surface area contributed by atoms with Gasteiger partial charge in [-0.15, -0.1) is 0 Å². The molecule has 150 valence electrons. The van der Waals surface area contributed by atoms with Crippen LogP contribution in [0.2, 0.25) is 0 Å². The maximum Gasteiger partial charge on any atom is 0.255 e. The van der Waals surface area contributed by atoms with Gasteiger partial charge in [0.05, 0.1) is 11.9 Å². The number of fused-ring (bicyclic) bond motifs is 1. The van der Waals surface area contributed by atoms with Crippen LogP contribution >= 0.6 is 0 Å². The second kappa shape index (κ2) is 8.63. The van der Waals surface area contributed by atoms with Crippen molar-refractivity contribution < 1.29 is 13.9 Å². The van der Waals surface area contributed by atoms with Gasteiger partial charge in [-0.2, -0.15) is 0 Å². The first kappa shape index (κ1) is 19.4. The molecule has 0 bridgehead atoms. The third-order valence-corrected chi connectivity index (χ3v) is 4.58. The van der Waals surface area contributed by atoms with E-state index < -0.39 is 0 Å². The smallest absolute Gasteiger partial charge is 0.255 e. The molecule has 1 aromatic heterocycles. The molecule has 0 aliphatic heterocycles. The highest BCUT2D eigenvalue weighted by atomic mass is 16.5. The Morgan fingerprint density at radius 1 is 0.967 bits per heavy atom. The largest absolute Gasteiger partial charge is 0.489 e. The fourth-order valence-electron chi connectivity index (χ4n) is 3.07. The van der Waals surface area contributed by atoms with Crippen LogP contribution in [0, 0.1) is 0 Å². The minimum absolute atomic E-state index is 0.139. The first-order valence-corrected chi connectivity index (χ1v) is 9.47. The molecule has 0 radical (unpaired) electrons. The van der Waals surface area contributed by atoms with Crippen molar-refractivity contribution >= 4 is 22.6 Å². The second-order valence-electron chi connectivity index (χ2n) is 6.75. The van der Waals surface area contributed by atoms with Crippen LogP contribution in [0.5, 0.6) is 5.75 Å². The zero-order valence-electron chi connectivity index (χ0n) is 16.1. The normalized spacial score (nSPS) is 10.7. The van der Waals surface area contributed by atoms with Crippen LogP contribution in [-0.2, 0) is 13.2 Å². The Balaban J connectivity index is 1.48. The topological polar surface area (TPSA) is 94.6 Å². The number of carbonyl (C=O) groups is 1. The van der Waals surface area contributed by atoms with Crippen LogP contribution in [0.1, 0.15) is 21.7 Å². The second-order valence-corrected chi connectivity index (χ2v) is 6.75. The number of nitrogens with two attached hydrogens (primary N) is 1. The van der Waals surface area contributed by atoms with Gasteiger partial charge in [-0.1, -0.05) is 30.3 Å². The van der Waals surface area contributed by atoms with E-state index in [1.54, 1.807) is 30.3 Å². The fourth-order valence-corrected chi connectivity index (χ4v) is 3.07. The van der Waals surface area contributed by atoms with Gasteiger partial charge < -0.3 is 20.2 Å². The van der Waals surface area contributed by atoms with Gasteiger partial charge in [0.2, 0.25) is 0 Å². The van der Waals surface area contributed by atoms with Crippen LogP contribution in [0.15, 0.2) is 88.1 Å². The van der Waals surface area contributed by atoms with E-state index >= 15 is 0 Å². The van der Waals surface area contributed by atoms with Crippen LogP contribution in [-0.4, -0.2) is 5.91 Å². The molecule has 0 aliphatic rings. The molecule has 6 nitrogen and oxygen atoms in total. The number of rotatable bonds is 6. The first-order chi connectivity index (χ1) is 14.6. The number of hydrogen-bond acceptors (Lipinski definition) is 5. The predicted octanol–water partition coefficient (Wildman–Crippen LogP) is 4.08. The van der Waals surface area contributed by atoms with Crippen LogP contribution in [0.25, 0.3) is 11.0 Å². The molecule has 4 rings (SSSR count). The van der Waals surface area contributed by atoms with E-state index in [-0.39, 0.29) is 24.5 Å². The maximum absolute atomic E-state index is 12.5. The zero-order chi connectivity index (χ0) is 20.9. The average Bonchev–Trinajstić information content (AvgIpc) is 2.78. The number of nitrogens with one attached hydrogen (secondary N) is 1. The molecular weight excluding hydrogens is 380 g/mol. The summed E-state index contributed by atoms with van der Waals surface area (Å²) in [4.78, 5) is 24.6. The van der Waals surface area contributed by atoms with Crippen molar-refractivity contribution in [2.24, 2.45) is 5.73 Å². The standard InChI is InChI=1S/C24H20N2O4/c25-14-20-12-22(27)21-10-9-19(13-23(21)30-20)29-15-16-5-4-6-17(11-16)24(28)26-18-7-2-1-3-8-18/h1-13H,14-15,25H2,(H,26,28). The van der Waals surface area contributed by atoms with E-state index in [9.17, 15) is 9.59 Å². The Morgan fingerprint density at radius 2 is 1.80 bits per heavy atom. The van der Waals surface area contributed by atoms with E-state index in [4.69, 9.17) is 14.9 Å². The molecule has 0 atom stereocenters. The highest BCUT2D eigenvalue weighted by Crippen LogP contribution is 2.21. The quantitative estimate of drug-likeness (QED) is 0.508. The summed E-state index contributed by atoms with van der Waals surface area (Å²) in [5.74, 6) is 0.783. The van der Waals surface area contributed by atoms with Crippen molar-refractivity contribution in [2.45, 2.75) is 13.2 Å². The Morgan fingerprint density at radius 3 is 2.60 bits per heavy atom. The number of amides is 1. The summed E-state index contributed by atoms with van der Waals surface area (Å²) < 4.78 is 11.5. The summed E-state index contributed by atoms with van der Waals surface area (Å²) in [6.07, 6.45) is 0. The number of ether oxygens (including phenoxy) is 1. The minimum Gasteiger partial charge on any atom is -0.489 e. The van der Waals surface area contributed by atoms with Crippen LogP contribution in [0.3, 0.4) is 0 Å². The number of para-hydroxylation sites is 1. The van der Waals surface area contributed by atoms with Gasteiger partial charge in [0.15, 0.2) is 5.43 Å². The van der Waals surface area contributed by atoms with Crippen LogP contribution in [0.4, 0.5) is 5.69 Å². The summed E-state index contributed by atoms with van der Waals surface area (Å²) in [6.45, 7) is 0.410. The monoisotopic (exact) mass is 400 g/mol. The molecule has 3 N–H and O–H groups in total. The van der Waals surface area contributed by atoms with Crippen molar-refractivity contribution in [1.82, 2.24) is 0 Å². The molecule has 0 aliphatic carbocycles. The van der Waals surface area contributed by atoms with Crippen LogP contribution < -0.4 is 21.2 Å². The molecule has 0 saturated heterocycles. The number of hydrogen-bond donors (Lipinski definition) is 2. The van der Waals surface area contributed by atoms with Crippen molar-refractivity contribution in [2.75, 3.05) is 5.32 Å². The number of carbonyl (C=O) groups excluding carboxylic acids is 1. The van der Waals surface area contributed by atoms with Gasteiger partial charge >= 0.3 is 0 Å². The van der Waals surface area contributed by atoms with E-state index in [1.165, 1.54) is 6.07 Å². The molecule has 3 aromatic carbocycles. The summed E-state index contributed by atoms with van der Waals surface area (Å²) in [5.41, 5.74) is 7.98. The lowest BCUT2D eigenvalue weighted by Crippen LogP contribution is -2.12. The summed E-state index contributed by atoms with van der Waals surface area (Å²) in [7, 11) is 0. The molecule has 30 heavy (non-hydrogen) atoms. The van der Waals surface area contributed by atoms with E-state index in [2.05, 4.69) is 5.32 Å². The average molecular weight is 400 g/mol. The molecule has 0 spiro atoms. The molecule has 1 heterocycles. The Bertz CT molecular complexity index is 1250. The van der Waals surface area contributed by atoms with Gasteiger partial charge in [0.1, 0.15) is 23.7 Å². The highest BCUT2D eigenvalue weighted by molar-refractivity contribution is 6.04. The van der Waals surface area contributed by atoms with E-state index in [0.717, 1.165) is 11.3 Å². The molecule has 0 unspecified atom stereocenters. The molecule has 1 amide bonds. The SMILES string of the molecule is NCc1cc(=O)c2ccc(OCc3cccc(C(=O)Nc4ccccc4)c3)cc2o1. The molecule has 0 saturated carbocycles.